The number of thiocarbonyl (C=S) groups is 1. The molecule has 2 saturated heterocycles. The van der Waals surface area contributed by atoms with Gasteiger partial charge >= 0.3 is 5.97 Å². The summed E-state index contributed by atoms with van der Waals surface area (Å²) in [4.78, 5) is 18.7. The third-order valence-corrected chi connectivity index (χ3v) is 6.62. The van der Waals surface area contributed by atoms with E-state index in [9.17, 15) is 4.79 Å². The van der Waals surface area contributed by atoms with Gasteiger partial charge in [0.15, 0.2) is 5.11 Å². The minimum atomic E-state index is -0.349. The molecule has 2 aromatic heterocycles. The summed E-state index contributed by atoms with van der Waals surface area (Å²) in [7, 11) is 1.39. The van der Waals surface area contributed by atoms with Crippen LogP contribution >= 0.6 is 12.2 Å². The van der Waals surface area contributed by atoms with Crippen molar-refractivity contribution in [2.75, 3.05) is 20.3 Å². The van der Waals surface area contributed by atoms with E-state index in [0.29, 0.717) is 10.7 Å². The minimum absolute atomic E-state index is 0.0631. The van der Waals surface area contributed by atoms with E-state index in [2.05, 4.69) is 25.8 Å². The molecule has 1 aromatic carbocycles. The van der Waals surface area contributed by atoms with Gasteiger partial charge in [-0.25, -0.2) is 4.79 Å². The normalized spacial score (nSPS) is 22.4. The number of nitrogens with zero attached hydrogens (tertiary/aromatic N) is 3. The average Bonchev–Trinajstić information content (AvgIpc) is 3.61. The third kappa shape index (κ3) is 4.24. The Morgan fingerprint density at radius 3 is 2.76 bits per heavy atom. The summed E-state index contributed by atoms with van der Waals surface area (Å²) in [5, 5.41) is 4.22. The number of benzene rings is 1. The maximum Gasteiger partial charge on any atom is 0.337 e. The molecule has 8 heteroatoms. The molecule has 170 valence electrons. The molecule has 5 rings (SSSR count). The second kappa shape index (κ2) is 9.33. The highest BCUT2D eigenvalue weighted by molar-refractivity contribution is 7.80. The van der Waals surface area contributed by atoms with Gasteiger partial charge in [-0.1, -0.05) is 6.07 Å². The Labute approximate surface area is 198 Å². The smallest absolute Gasteiger partial charge is 0.337 e. The first-order chi connectivity index (χ1) is 16.2. The molecule has 1 N–H and O–H groups in total. The molecule has 0 saturated carbocycles. The van der Waals surface area contributed by atoms with Gasteiger partial charge in [-0.15, -0.1) is 0 Å². The molecule has 2 fully saturated rings. The molecule has 33 heavy (non-hydrogen) atoms. The molecule has 4 heterocycles. The van der Waals surface area contributed by atoms with Crippen LogP contribution in [0.2, 0.25) is 0 Å². The highest BCUT2D eigenvalue weighted by Crippen LogP contribution is 2.40. The van der Waals surface area contributed by atoms with Crippen molar-refractivity contribution in [3.63, 3.8) is 0 Å². The molecule has 2 aliphatic heterocycles. The first-order valence-electron chi connectivity index (χ1n) is 11.1. The van der Waals surface area contributed by atoms with E-state index in [1.54, 1.807) is 12.1 Å². The van der Waals surface area contributed by atoms with Crippen molar-refractivity contribution in [2.24, 2.45) is 0 Å². The maximum absolute atomic E-state index is 11.9. The van der Waals surface area contributed by atoms with Crippen LogP contribution in [0.15, 0.2) is 67.0 Å². The molecule has 7 nitrogen and oxygen atoms in total. The zero-order chi connectivity index (χ0) is 22.8. The number of esters is 1. The first kappa shape index (κ1) is 21.6. The minimum Gasteiger partial charge on any atom is -0.465 e. The van der Waals surface area contributed by atoms with Crippen molar-refractivity contribution >= 4 is 23.3 Å². The number of hydrogen-bond donors (Lipinski definition) is 1. The molecule has 3 aromatic rings. The van der Waals surface area contributed by atoms with Gasteiger partial charge in [0, 0.05) is 36.9 Å². The molecule has 3 atom stereocenters. The van der Waals surface area contributed by atoms with E-state index in [0.717, 1.165) is 43.1 Å². The van der Waals surface area contributed by atoms with Crippen molar-refractivity contribution in [3.05, 3.63) is 83.9 Å². The van der Waals surface area contributed by atoms with Gasteiger partial charge < -0.3 is 24.3 Å². The number of rotatable bonds is 6. The lowest BCUT2D eigenvalue weighted by molar-refractivity contribution is 0.0600. The van der Waals surface area contributed by atoms with Crippen molar-refractivity contribution in [1.29, 1.82) is 0 Å². The Kier molecular flexibility index (Phi) is 6.11. The summed E-state index contributed by atoms with van der Waals surface area (Å²) in [6, 6.07) is 17.4. The van der Waals surface area contributed by atoms with Crippen molar-refractivity contribution in [1.82, 2.24) is 19.8 Å². The van der Waals surface area contributed by atoms with Crippen LogP contribution in [0.25, 0.3) is 5.69 Å². The third-order valence-electron chi connectivity index (χ3n) is 6.27. The quantitative estimate of drug-likeness (QED) is 0.441. The lowest BCUT2D eigenvalue weighted by atomic mass is 10.0. The van der Waals surface area contributed by atoms with Crippen molar-refractivity contribution < 1.29 is 14.3 Å². The number of ether oxygens (including phenoxy) is 2. The van der Waals surface area contributed by atoms with Gasteiger partial charge in [-0.3, -0.25) is 4.98 Å². The zero-order valence-corrected chi connectivity index (χ0v) is 19.2. The average molecular weight is 463 g/mol. The second-order valence-electron chi connectivity index (χ2n) is 8.26. The molecule has 2 aliphatic rings. The lowest BCUT2D eigenvalue weighted by Gasteiger charge is -2.30. The fraction of sp³-hybridized carbons (Fsp3) is 0.320. The number of pyridine rings is 1. The van der Waals surface area contributed by atoms with Gasteiger partial charge in [-0.05, 0) is 73.6 Å². The second-order valence-corrected chi connectivity index (χ2v) is 8.64. The highest BCUT2D eigenvalue weighted by atomic mass is 32.1. The molecular weight excluding hydrogens is 436 g/mol. The highest BCUT2D eigenvalue weighted by Gasteiger charge is 2.42. The van der Waals surface area contributed by atoms with Crippen LogP contribution < -0.4 is 5.32 Å². The van der Waals surface area contributed by atoms with Crippen molar-refractivity contribution in [3.8, 4) is 5.69 Å². The van der Waals surface area contributed by atoms with Crippen molar-refractivity contribution in [2.45, 2.75) is 31.0 Å². The molecule has 0 aliphatic carbocycles. The summed E-state index contributed by atoms with van der Waals surface area (Å²) in [5.74, 6) is -0.349. The van der Waals surface area contributed by atoms with E-state index in [4.69, 9.17) is 21.7 Å². The summed E-state index contributed by atoms with van der Waals surface area (Å²) in [5.41, 5.74) is 3.50. The first-order valence-corrected chi connectivity index (χ1v) is 11.5. The number of carbonyl (C=O) groups excluding carboxylic acids is 1. The summed E-state index contributed by atoms with van der Waals surface area (Å²) < 4.78 is 12.9. The van der Waals surface area contributed by atoms with Crippen LogP contribution in [0.1, 0.15) is 46.7 Å². The Morgan fingerprint density at radius 2 is 2.06 bits per heavy atom. The Morgan fingerprint density at radius 1 is 1.21 bits per heavy atom. The predicted octanol–water partition coefficient (Wildman–Crippen LogP) is 3.81. The predicted molar refractivity (Wildman–Crippen MR) is 128 cm³/mol. The molecule has 0 spiro atoms. The number of aromatic nitrogens is 2. The fourth-order valence-corrected chi connectivity index (χ4v) is 4.99. The number of carbonyl (C=O) groups is 1. The topological polar surface area (TPSA) is 68.6 Å². The lowest BCUT2D eigenvalue weighted by Crippen LogP contribution is -2.36. The Balaban J connectivity index is 1.53. The Hall–Kier alpha value is -3.23. The fourth-order valence-electron chi connectivity index (χ4n) is 4.68. The Bertz CT molecular complexity index is 1130. The van der Waals surface area contributed by atoms with E-state index < -0.39 is 0 Å². The van der Waals surface area contributed by atoms with E-state index in [1.165, 1.54) is 7.11 Å². The number of hydrogen-bond acceptors (Lipinski definition) is 5. The van der Waals surface area contributed by atoms with Gasteiger partial charge in [0.2, 0.25) is 0 Å². The van der Waals surface area contributed by atoms with Crippen LogP contribution in [0.4, 0.5) is 0 Å². The molecule has 0 bridgehead atoms. The van der Waals surface area contributed by atoms with Gasteiger partial charge in [0.1, 0.15) is 0 Å². The SMILES string of the molecule is COC(=O)c1ccc(-n2cccc2[C@@H]2[C@@H](c3ccccn3)NC(=S)N2C[C@@H]2CCCO2)cc1. The van der Waals surface area contributed by atoms with Crippen LogP contribution in [0, 0.1) is 0 Å². The molecular formula is C25H26N4O3S. The van der Waals surface area contributed by atoms with E-state index >= 15 is 0 Å². The van der Waals surface area contributed by atoms with Gasteiger partial charge in [0.25, 0.3) is 0 Å². The molecule has 0 radical (unpaired) electrons. The van der Waals surface area contributed by atoms with Crippen LogP contribution in [-0.4, -0.2) is 51.9 Å². The summed E-state index contributed by atoms with van der Waals surface area (Å²) >= 11 is 5.79. The zero-order valence-electron chi connectivity index (χ0n) is 18.4. The largest absolute Gasteiger partial charge is 0.465 e. The van der Waals surface area contributed by atoms with Gasteiger partial charge in [0.05, 0.1) is 36.6 Å². The summed E-state index contributed by atoms with van der Waals surface area (Å²) in [6.45, 7) is 1.53. The standard InChI is InChI=1S/C25H26N4O3S/c1-31-24(30)17-9-11-18(12-10-17)28-14-4-8-21(28)23-22(20-7-2-3-13-26-20)27-25(33)29(23)16-19-6-5-15-32-19/h2-4,7-14,19,22-23H,5-6,15-16H2,1H3,(H,27,33)/t19-,22+,23+/m0/s1. The van der Waals surface area contributed by atoms with Crippen LogP contribution in [-0.2, 0) is 9.47 Å². The van der Waals surface area contributed by atoms with Gasteiger partial charge in [-0.2, -0.15) is 0 Å². The summed E-state index contributed by atoms with van der Waals surface area (Å²) in [6.07, 6.45) is 6.12. The monoisotopic (exact) mass is 462 g/mol. The van der Waals surface area contributed by atoms with E-state index in [1.807, 2.05) is 48.8 Å². The molecule has 0 amide bonds. The number of methoxy groups -OCH3 is 1. The maximum atomic E-state index is 11.9. The van der Waals surface area contributed by atoms with Crippen LogP contribution in [0.5, 0.6) is 0 Å². The van der Waals surface area contributed by atoms with E-state index in [-0.39, 0.29) is 24.2 Å². The number of nitrogens with one attached hydrogen (secondary N) is 1. The van der Waals surface area contributed by atoms with Crippen LogP contribution in [0.3, 0.4) is 0 Å². The molecule has 0 unspecified atom stereocenters.